The minimum atomic E-state index is 1.15. The minimum absolute atomic E-state index is 1.15. The first kappa shape index (κ1) is 60.0. The average molecular weight is 927 g/mol. The number of nitrogens with zero attached hydrogens (tertiary/aromatic N) is 2. The Morgan fingerprint density at radius 3 is 0.966 bits per heavy atom. The molecule has 0 aromatic heterocycles. The molecule has 1 N–H and O–H groups in total. The second kappa shape index (κ2) is 55.1. The zero-order valence-corrected chi connectivity index (χ0v) is 44.6. The lowest BCUT2D eigenvalue weighted by Crippen LogP contribution is -2.32. The molecule has 0 spiro atoms. The molecule has 0 aliphatic carbocycles. The molecule has 0 radical (unpaired) electrons. The molecular formula is C49H103N3S6. The molecule has 58 heavy (non-hydrogen) atoms. The minimum Gasteiger partial charge on any atom is -0.316 e. The Kier molecular flexibility index (Phi) is 57.0. The van der Waals surface area contributed by atoms with Crippen molar-refractivity contribution < 1.29 is 0 Å². The summed E-state index contributed by atoms with van der Waals surface area (Å²) in [5, 5.41) is 3.70. The van der Waals surface area contributed by atoms with Gasteiger partial charge in [0.2, 0.25) is 0 Å². The van der Waals surface area contributed by atoms with Gasteiger partial charge < -0.3 is 15.1 Å². The highest BCUT2D eigenvalue weighted by Gasteiger charge is 2.08. The maximum atomic E-state index is 3.70. The molecule has 0 bridgehead atoms. The van der Waals surface area contributed by atoms with Gasteiger partial charge in [-0.1, -0.05) is 259 Å². The van der Waals surface area contributed by atoms with Gasteiger partial charge in [0.05, 0.1) is 0 Å². The summed E-state index contributed by atoms with van der Waals surface area (Å²) in [6.07, 6.45) is 45.7. The van der Waals surface area contributed by atoms with Crippen molar-refractivity contribution in [2.75, 3.05) is 87.4 Å². The van der Waals surface area contributed by atoms with Crippen molar-refractivity contribution in [1.29, 1.82) is 0 Å². The van der Waals surface area contributed by atoms with Crippen LogP contribution in [0, 0.1) is 0 Å². The van der Waals surface area contributed by atoms with E-state index < -0.39 is 0 Å². The van der Waals surface area contributed by atoms with Gasteiger partial charge in [-0.25, -0.2) is 0 Å². The second-order valence-corrected chi connectivity index (χ2v) is 25.2. The fourth-order valence-electron chi connectivity index (χ4n) is 7.36. The molecule has 0 aliphatic rings. The van der Waals surface area contributed by atoms with Crippen molar-refractivity contribution in [2.24, 2.45) is 0 Å². The molecule has 0 unspecified atom stereocenters. The van der Waals surface area contributed by atoms with E-state index in [1.165, 1.54) is 273 Å². The molecule has 0 aromatic rings. The van der Waals surface area contributed by atoms with E-state index in [1.807, 2.05) is 0 Å². The van der Waals surface area contributed by atoms with E-state index in [4.69, 9.17) is 0 Å². The Labute approximate surface area is 390 Å². The van der Waals surface area contributed by atoms with Crippen LogP contribution in [0.25, 0.3) is 0 Å². The van der Waals surface area contributed by atoms with E-state index in [9.17, 15) is 0 Å². The van der Waals surface area contributed by atoms with Crippen LogP contribution in [0.1, 0.15) is 226 Å². The van der Waals surface area contributed by atoms with Crippen molar-refractivity contribution in [3.63, 3.8) is 0 Å². The third kappa shape index (κ3) is 52.3. The van der Waals surface area contributed by atoms with E-state index >= 15 is 0 Å². The molecule has 0 saturated heterocycles. The Morgan fingerprint density at radius 1 is 0.276 bits per heavy atom. The summed E-state index contributed by atoms with van der Waals surface area (Å²) in [7, 11) is 15.1. The lowest BCUT2D eigenvalue weighted by atomic mass is 10.1. The highest BCUT2D eigenvalue weighted by atomic mass is 33.1. The van der Waals surface area contributed by atoms with Crippen LogP contribution in [-0.2, 0) is 0 Å². The van der Waals surface area contributed by atoms with Crippen LogP contribution in [-0.4, -0.2) is 97.2 Å². The fourth-order valence-corrected chi connectivity index (χ4v) is 13.8. The maximum Gasteiger partial charge on any atom is 0.0165 e. The zero-order valence-electron chi connectivity index (χ0n) is 39.7. The van der Waals surface area contributed by atoms with E-state index in [0.717, 1.165) is 13.1 Å². The summed E-state index contributed by atoms with van der Waals surface area (Å²) in [5.41, 5.74) is 0. The van der Waals surface area contributed by atoms with Gasteiger partial charge in [-0.2, -0.15) is 0 Å². The summed E-state index contributed by atoms with van der Waals surface area (Å²) < 4.78 is 0. The highest BCUT2D eigenvalue weighted by Crippen LogP contribution is 2.26. The molecule has 0 fully saturated rings. The fraction of sp³-hybridized carbons (Fsp3) is 1.00. The first-order valence-electron chi connectivity index (χ1n) is 25.6. The molecule has 9 heteroatoms. The molecule has 0 aliphatic heterocycles. The second-order valence-electron chi connectivity index (χ2n) is 17.1. The van der Waals surface area contributed by atoms with Gasteiger partial charge in [0.1, 0.15) is 0 Å². The molecule has 0 amide bonds. The first-order chi connectivity index (χ1) is 28.7. The monoisotopic (exact) mass is 926 g/mol. The molecule has 350 valence electrons. The summed E-state index contributed by atoms with van der Waals surface area (Å²) in [5.74, 6) is 7.79. The Morgan fingerprint density at radius 2 is 0.586 bits per heavy atom. The highest BCUT2D eigenvalue weighted by molar-refractivity contribution is 8.77. The number of unbranched alkanes of at least 4 members (excludes halogenated alkanes) is 27. The van der Waals surface area contributed by atoms with Crippen LogP contribution in [0.5, 0.6) is 0 Å². The summed E-state index contributed by atoms with van der Waals surface area (Å²) in [6, 6.07) is 0. The van der Waals surface area contributed by atoms with Crippen molar-refractivity contribution in [3.05, 3.63) is 0 Å². The quantitative estimate of drug-likeness (QED) is 0.0471. The number of rotatable bonds is 53. The largest absolute Gasteiger partial charge is 0.316 e. The van der Waals surface area contributed by atoms with Crippen LogP contribution in [0.3, 0.4) is 0 Å². The van der Waals surface area contributed by atoms with E-state index in [-0.39, 0.29) is 0 Å². The third-order valence-electron chi connectivity index (χ3n) is 11.2. The Bertz CT molecular complexity index is 692. The van der Waals surface area contributed by atoms with E-state index in [1.54, 1.807) is 0 Å². The summed E-state index contributed by atoms with van der Waals surface area (Å²) in [4.78, 5) is 5.36. The van der Waals surface area contributed by atoms with Gasteiger partial charge in [-0.05, 0) is 65.3 Å². The summed E-state index contributed by atoms with van der Waals surface area (Å²) >= 11 is 0. The zero-order chi connectivity index (χ0) is 41.9. The van der Waals surface area contributed by atoms with Gasteiger partial charge in [0.25, 0.3) is 0 Å². The average Bonchev–Trinajstić information content (AvgIpc) is 3.23. The molecule has 0 aromatic carbocycles. The summed E-state index contributed by atoms with van der Waals surface area (Å²) in [6.45, 7) is 15.4. The number of hydrogen-bond acceptors (Lipinski definition) is 9. The SMILES string of the molecule is CCCCCCCCCCCCSSCCNCCCN(C)CCCN(CCSSCCCCCCCCCCCC)CCSSCCCCCCCCCCCC. The van der Waals surface area contributed by atoms with Crippen molar-refractivity contribution in [3.8, 4) is 0 Å². The van der Waals surface area contributed by atoms with Crippen LogP contribution in [0.2, 0.25) is 0 Å². The van der Waals surface area contributed by atoms with Crippen molar-refractivity contribution in [1.82, 2.24) is 15.1 Å². The molecule has 0 heterocycles. The van der Waals surface area contributed by atoms with Crippen LogP contribution >= 0.6 is 64.8 Å². The Balaban J connectivity index is 3.99. The van der Waals surface area contributed by atoms with E-state index in [2.05, 4.69) is 108 Å². The van der Waals surface area contributed by atoms with Gasteiger partial charge in [-0.15, -0.1) is 0 Å². The molecular weight excluding hydrogens is 823 g/mol. The smallest absolute Gasteiger partial charge is 0.0165 e. The normalized spacial score (nSPS) is 11.9. The van der Waals surface area contributed by atoms with Crippen molar-refractivity contribution in [2.45, 2.75) is 226 Å². The Hall–Kier alpha value is 1.98. The maximum absolute atomic E-state index is 3.70. The molecule has 3 nitrogen and oxygen atoms in total. The van der Waals surface area contributed by atoms with Gasteiger partial charge in [-0.3, -0.25) is 0 Å². The predicted molar refractivity (Wildman–Crippen MR) is 286 cm³/mol. The molecule has 0 rings (SSSR count). The number of hydrogen-bond donors (Lipinski definition) is 1. The van der Waals surface area contributed by atoms with Crippen molar-refractivity contribution >= 4 is 64.8 Å². The van der Waals surface area contributed by atoms with Gasteiger partial charge >= 0.3 is 0 Å². The first-order valence-corrected chi connectivity index (χ1v) is 33.1. The predicted octanol–water partition coefficient (Wildman–Crippen LogP) is 17.5. The topological polar surface area (TPSA) is 18.5 Å². The lowest BCUT2D eigenvalue weighted by Gasteiger charge is -2.24. The third-order valence-corrected chi connectivity index (χ3v) is 18.7. The van der Waals surface area contributed by atoms with Gasteiger partial charge in [0, 0.05) is 54.2 Å². The van der Waals surface area contributed by atoms with Crippen LogP contribution in [0.4, 0.5) is 0 Å². The molecule has 0 atom stereocenters. The molecule has 0 saturated carbocycles. The standard InChI is InChI=1S/C49H103N3S6/c1-5-8-11-14-17-20-23-26-29-32-44-53-56-47-38-50-37-35-39-51(4)40-36-41-52(42-48-57-54-45-33-30-27-24-21-18-15-12-9-6-2)43-49-58-55-46-34-31-28-25-22-19-16-13-10-7-3/h50H,5-49H2,1-4H3. The van der Waals surface area contributed by atoms with Crippen LogP contribution < -0.4 is 5.32 Å². The van der Waals surface area contributed by atoms with Gasteiger partial charge in [0.15, 0.2) is 0 Å². The lowest BCUT2D eigenvalue weighted by molar-refractivity contribution is 0.264. The number of nitrogens with one attached hydrogen (secondary N) is 1. The van der Waals surface area contributed by atoms with Crippen LogP contribution in [0.15, 0.2) is 0 Å². The van der Waals surface area contributed by atoms with E-state index in [0.29, 0.717) is 0 Å².